The van der Waals surface area contributed by atoms with Gasteiger partial charge in [-0.3, -0.25) is 0 Å². The molecule has 0 spiro atoms. The van der Waals surface area contributed by atoms with Gasteiger partial charge in [-0.1, -0.05) is 19.8 Å². The monoisotopic (exact) mass is 334 g/mol. The molecule has 4 rings (SSSR count). The first-order valence-electron chi connectivity index (χ1n) is 10.8. The number of rotatable bonds is 1. The first-order valence-corrected chi connectivity index (χ1v) is 10.8. The molecule has 4 aliphatic carbocycles. The van der Waals surface area contributed by atoms with E-state index >= 15 is 0 Å². The molecule has 2 heteroatoms. The van der Waals surface area contributed by atoms with Crippen LogP contribution >= 0.6 is 0 Å². The van der Waals surface area contributed by atoms with Crippen molar-refractivity contribution in [2.24, 2.45) is 40.9 Å². The fourth-order valence-corrected chi connectivity index (χ4v) is 7.86. The van der Waals surface area contributed by atoms with Crippen molar-refractivity contribution in [1.82, 2.24) is 0 Å². The topological polar surface area (TPSA) is 40.5 Å². The molecule has 0 aromatic rings. The molecule has 4 aliphatic rings. The van der Waals surface area contributed by atoms with Crippen molar-refractivity contribution in [1.29, 1.82) is 0 Å². The summed E-state index contributed by atoms with van der Waals surface area (Å²) in [5.74, 6) is 4.86. The van der Waals surface area contributed by atoms with Gasteiger partial charge in [0.2, 0.25) is 0 Å². The first-order chi connectivity index (χ1) is 11.4. The van der Waals surface area contributed by atoms with E-state index in [0.717, 1.165) is 42.4 Å². The number of aliphatic hydroxyl groups excluding tert-OH is 1. The van der Waals surface area contributed by atoms with Crippen LogP contribution in [-0.2, 0) is 0 Å². The van der Waals surface area contributed by atoms with Crippen LogP contribution in [0.25, 0.3) is 0 Å². The van der Waals surface area contributed by atoms with Crippen LogP contribution in [0.2, 0.25) is 0 Å². The molecule has 4 saturated carbocycles. The van der Waals surface area contributed by atoms with E-state index in [1.54, 1.807) is 0 Å². The SMILES string of the molecule is CC1(O)CCC2C(CCC3C2CCC2(C)C(CO)CCCCC32)C1. The number of aliphatic hydroxyl groups is 2. The lowest BCUT2D eigenvalue weighted by atomic mass is 9.47. The summed E-state index contributed by atoms with van der Waals surface area (Å²) in [7, 11) is 0. The van der Waals surface area contributed by atoms with E-state index < -0.39 is 5.60 Å². The molecule has 0 amide bonds. The summed E-state index contributed by atoms with van der Waals surface area (Å²) >= 11 is 0. The van der Waals surface area contributed by atoms with Gasteiger partial charge in [0, 0.05) is 6.61 Å². The van der Waals surface area contributed by atoms with E-state index in [9.17, 15) is 10.2 Å². The Morgan fingerprint density at radius 1 is 0.833 bits per heavy atom. The zero-order valence-electron chi connectivity index (χ0n) is 15.8. The maximum Gasteiger partial charge on any atom is 0.0622 e. The molecule has 0 saturated heterocycles. The molecule has 0 bridgehead atoms. The molecule has 0 heterocycles. The molecule has 8 atom stereocenters. The Morgan fingerprint density at radius 2 is 1.58 bits per heavy atom. The Labute approximate surface area is 148 Å². The maximum atomic E-state index is 10.5. The third-order valence-electron chi connectivity index (χ3n) is 9.15. The van der Waals surface area contributed by atoms with Gasteiger partial charge in [-0.2, -0.15) is 0 Å². The highest BCUT2D eigenvalue weighted by Crippen LogP contribution is 2.62. The molecule has 0 aromatic heterocycles. The summed E-state index contributed by atoms with van der Waals surface area (Å²) in [6.45, 7) is 4.99. The molecule has 2 N–H and O–H groups in total. The van der Waals surface area contributed by atoms with Gasteiger partial charge in [-0.05, 0) is 106 Å². The van der Waals surface area contributed by atoms with Crippen molar-refractivity contribution in [3.05, 3.63) is 0 Å². The van der Waals surface area contributed by atoms with Crippen molar-refractivity contribution in [3.8, 4) is 0 Å². The summed E-state index contributed by atoms with van der Waals surface area (Å²) < 4.78 is 0. The number of fused-ring (bicyclic) bond motifs is 5. The molecule has 24 heavy (non-hydrogen) atoms. The quantitative estimate of drug-likeness (QED) is 0.724. The van der Waals surface area contributed by atoms with Gasteiger partial charge < -0.3 is 10.2 Å². The average Bonchev–Trinajstić information content (AvgIpc) is 2.71. The Bertz CT molecular complexity index is 459. The summed E-state index contributed by atoms with van der Waals surface area (Å²) in [6.07, 6.45) is 14.1. The van der Waals surface area contributed by atoms with Crippen LogP contribution < -0.4 is 0 Å². The third kappa shape index (κ3) is 2.76. The van der Waals surface area contributed by atoms with Gasteiger partial charge >= 0.3 is 0 Å². The molecule has 2 nitrogen and oxygen atoms in total. The lowest BCUT2D eigenvalue weighted by Gasteiger charge is -2.59. The average molecular weight is 335 g/mol. The summed E-state index contributed by atoms with van der Waals surface area (Å²) in [5, 5.41) is 20.5. The van der Waals surface area contributed by atoms with Gasteiger partial charge in [-0.15, -0.1) is 0 Å². The molecule has 0 radical (unpaired) electrons. The van der Waals surface area contributed by atoms with Crippen LogP contribution in [0.3, 0.4) is 0 Å². The van der Waals surface area contributed by atoms with E-state index in [1.165, 1.54) is 57.8 Å². The van der Waals surface area contributed by atoms with Gasteiger partial charge in [0.25, 0.3) is 0 Å². The molecule has 138 valence electrons. The molecule has 0 aromatic carbocycles. The highest BCUT2D eigenvalue weighted by molar-refractivity contribution is 5.04. The molecule has 8 unspecified atom stereocenters. The lowest BCUT2D eigenvalue weighted by Crippen LogP contribution is -2.52. The van der Waals surface area contributed by atoms with Crippen LogP contribution in [0.4, 0.5) is 0 Å². The predicted molar refractivity (Wildman–Crippen MR) is 97.5 cm³/mol. The molecular formula is C22H38O2. The minimum atomic E-state index is -0.401. The smallest absolute Gasteiger partial charge is 0.0622 e. The van der Waals surface area contributed by atoms with Crippen LogP contribution in [0.15, 0.2) is 0 Å². The van der Waals surface area contributed by atoms with E-state index in [2.05, 4.69) is 13.8 Å². The van der Waals surface area contributed by atoms with Crippen LogP contribution in [0.1, 0.15) is 84.5 Å². The van der Waals surface area contributed by atoms with Crippen LogP contribution in [0.5, 0.6) is 0 Å². The zero-order valence-corrected chi connectivity index (χ0v) is 15.8. The van der Waals surface area contributed by atoms with E-state index in [1.807, 2.05) is 0 Å². The lowest BCUT2D eigenvalue weighted by molar-refractivity contribution is -0.117. The van der Waals surface area contributed by atoms with E-state index in [0.29, 0.717) is 17.9 Å². The normalized spacial score (nSPS) is 55.0. The van der Waals surface area contributed by atoms with Crippen molar-refractivity contribution < 1.29 is 10.2 Å². The van der Waals surface area contributed by atoms with Gasteiger partial charge in [0.05, 0.1) is 5.60 Å². The molecule has 4 fully saturated rings. The van der Waals surface area contributed by atoms with Crippen LogP contribution in [0, 0.1) is 40.9 Å². The summed E-state index contributed by atoms with van der Waals surface area (Å²) in [4.78, 5) is 0. The summed E-state index contributed by atoms with van der Waals surface area (Å²) in [6, 6.07) is 0. The minimum absolute atomic E-state index is 0.388. The zero-order chi connectivity index (χ0) is 16.9. The second-order valence-corrected chi connectivity index (χ2v) is 10.4. The van der Waals surface area contributed by atoms with E-state index in [-0.39, 0.29) is 0 Å². The second-order valence-electron chi connectivity index (χ2n) is 10.4. The van der Waals surface area contributed by atoms with Gasteiger partial charge in [0.1, 0.15) is 0 Å². The highest BCUT2D eigenvalue weighted by Gasteiger charge is 2.55. The first kappa shape index (κ1) is 17.3. The van der Waals surface area contributed by atoms with Gasteiger partial charge in [-0.25, -0.2) is 0 Å². The van der Waals surface area contributed by atoms with Gasteiger partial charge in [0.15, 0.2) is 0 Å². The van der Waals surface area contributed by atoms with Crippen molar-refractivity contribution >= 4 is 0 Å². The molecular weight excluding hydrogens is 296 g/mol. The largest absolute Gasteiger partial charge is 0.396 e. The number of hydrogen-bond acceptors (Lipinski definition) is 2. The number of hydrogen-bond donors (Lipinski definition) is 2. The fraction of sp³-hybridized carbons (Fsp3) is 1.00. The minimum Gasteiger partial charge on any atom is -0.396 e. The van der Waals surface area contributed by atoms with Crippen molar-refractivity contribution in [3.63, 3.8) is 0 Å². The highest BCUT2D eigenvalue weighted by atomic mass is 16.3. The second kappa shape index (κ2) is 6.27. The predicted octanol–water partition coefficient (Wildman–Crippen LogP) is 4.78. The Hall–Kier alpha value is -0.0800. The molecule has 0 aliphatic heterocycles. The Morgan fingerprint density at radius 3 is 2.38 bits per heavy atom. The Balaban J connectivity index is 1.57. The Kier molecular flexibility index (Phi) is 4.53. The fourth-order valence-electron chi connectivity index (χ4n) is 7.86. The van der Waals surface area contributed by atoms with Crippen LogP contribution in [-0.4, -0.2) is 22.4 Å². The third-order valence-corrected chi connectivity index (χ3v) is 9.15. The standard InChI is InChI=1S/C22H38O2/c1-21(24)11-9-17-15(13-21)7-8-19-18(17)10-12-22(2)16(14-23)5-3-4-6-20(19)22/h15-20,23-24H,3-14H2,1-2H3. The van der Waals surface area contributed by atoms with E-state index in [4.69, 9.17) is 0 Å². The summed E-state index contributed by atoms with van der Waals surface area (Å²) in [5.41, 5.74) is -0.0130. The van der Waals surface area contributed by atoms with Crippen molar-refractivity contribution in [2.45, 2.75) is 90.1 Å². The van der Waals surface area contributed by atoms with Crippen molar-refractivity contribution in [2.75, 3.05) is 6.61 Å². The maximum absolute atomic E-state index is 10.5.